The predicted molar refractivity (Wildman–Crippen MR) is 111 cm³/mol. The molecule has 29 heavy (non-hydrogen) atoms. The average Bonchev–Trinajstić information content (AvgIpc) is 2.84. The summed E-state index contributed by atoms with van der Waals surface area (Å²) in [5, 5.41) is 19.2. The molecule has 5 aliphatic rings. The van der Waals surface area contributed by atoms with Crippen LogP contribution in [0.2, 0.25) is 0 Å². The van der Waals surface area contributed by atoms with Crippen LogP contribution >= 0.6 is 0 Å². The average molecular weight is 401 g/mol. The number of carbonyl (C=O) groups is 1. The molecule has 0 radical (unpaired) electrons. The minimum Gasteiger partial charge on any atom is -0.494 e. The van der Waals surface area contributed by atoms with Gasteiger partial charge >= 0.3 is 5.97 Å². The summed E-state index contributed by atoms with van der Waals surface area (Å²) in [4.78, 5) is 10.9. The molecule has 0 aromatic carbocycles. The summed E-state index contributed by atoms with van der Waals surface area (Å²) < 4.78 is 6.74. The van der Waals surface area contributed by atoms with Crippen molar-refractivity contribution >= 4 is 5.97 Å². The van der Waals surface area contributed by atoms with E-state index in [4.69, 9.17) is 9.84 Å². The van der Waals surface area contributed by atoms with Crippen molar-refractivity contribution < 1.29 is 19.7 Å². The molecule has 1 heterocycles. The van der Waals surface area contributed by atoms with E-state index in [1.54, 1.807) is 6.08 Å². The summed E-state index contributed by atoms with van der Waals surface area (Å²) in [6.07, 6.45) is 16.1. The number of aliphatic hydroxyl groups excluding tert-OH is 1. The molecule has 2 N–H and O–H groups in total. The molecule has 4 heteroatoms. The number of carboxylic acids is 1. The Morgan fingerprint density at radius 2 is 1.97 bits per heavy atom. The first-order valence-corrected chi connectivity index (χ1v) is 11.7. The van der Waals surface area contributed by atoms with E-state index in [1.807, 2.05) is 12.3 Å². The van der Waals surface area contributed by atoms with Gasteiger partial charge in [-0.05, 0) is 86.5 Å². The summed E-state index contributed by atoms with van der Waals surface area (Å²) >= 11 is 0. The lowest BCUT2D eigenvalue weighted by Crippen LogP contribution is -2.63. The first-order valence-electron chi connectivity index (χ1n) is 11.7. The lowest BCUT2D eigenvalue weighted by molar-refractivity contribution is -0.217. The van der Waals surface area contributed by atoms with Gasteiger partial charge in [-0.3, -0.25) is 4.79 Å². The highest BCUT2D eigenvalue weighted by molar-refractivity contribution is 5.68. The molecule has 0 aromatic heterocycles. The monoisotopic (exact) mass is 400 g/mol. The first kappa shape index (κ1) is 19.7. The van der Waals surface area contributed by atoms with Gasteiger partial charge in [0, 0.05) is 11.3 Å². The maximum absolute atomic E-state index is 10.9. The van der Waals surface area contributed by atoms with E-state index >= 15 is 0 Å². The first-order chi connectivity index (χ1) is 13.8. The van der Waals surface area contributed by atoms with E-state index < -0.39 is 5.97 Å². The zero-order valence-electron chi connectivity index (χ0n) is 17.9. The molecule has 0 saturated heterocycles. The summed E-state index contributed by atoms with van der Waals surface area (Å²) in [6, 6.07) is 0. The molecule has 0 amide bonds. The third kappa shape index (κ3) is 2.63. The highest BCUT2D eigenvalue weighted by atomic mass is 16.5. The number of fused-ring (bicyclic) bond motifs is 3. The number of ether oxygens (including phenoxy) is 1. The zero-order chi connectivity index (χ0) is 20.4. The molecule has 4 saturated carbocycles. The van der Waals surface area contributed by atoms with Gasteiger partial charge in [0.15, 0.2) is 0 Å². The van der Waals surface area contributed by atoms with Gasteiger partial charge in [-0.25, -0.2) is 0 Å². The van der Waals surface area contributed by atoms with Crippen molar-refractivity contribution in [1.82, 2.24) is 0 Å². The van der Waals surface area contributed by atoms with Crippen LogP contribution in [0.15, 0.2) is 24.0 Å². The summed E-state index contributed by atoms with van der Waals surface area (Å²) in [5.41, 5.74) is 1.66. The van der Waals surface area contributed by atoms with E-state index in [9.17, 15) is 9.90 Å². The molecule has 1 aliphatic heterocycles. The maximum Gasteiger partial charge on any atom is 0.307 e. The quantitative estimate of drug-likeness (QED) is 0.694. The van der Waals surface area contributed by atoms with Gasteiger partial charge in [0.05, 0.1) is 18.8 Å². The van der Waals surface area contributed by atoms with Crippen molar-refractivity contribution in [2.45, 2.75) is 89.8 Å². The van der Waals surface area contributed by atoms with Crippen LogP contribution in [0.25, 0.3) is 0 Å². The van der Waals surface area contributed by atoms with Gasteiger partial charge < -0.3 is 14.9 Å². The molecule has 1 unspecified atom stereocenters. The Hall–Kier alpha value is -1.29. The molecular weight excluding hydrogens is 364 g/mol. The third-order valence-electron chi connectivity index (χ3n) is 10.2. The third-order valence-corrected chi connectivity index (χ3v) is 10.2. The second kappa shape index (κ2) is 6.60. The highest BCUT2D eigenvalue weighted by Crippen LogP contribution is 2.72. The van der Waals surface area contributed by atoms with Gasteiger partial charge in [0.25, 0.3) is 0 Å². The Labute approximate surface area is 174 Å². The second-order valence-electron chi connectivity index (χ2n) is 11.1. The van der Waals surface area contributed by atoms with Crippen LogP contribution in [0.5, 0.6) is 0 Å². The van der Waals surface area contributed by atoms with Crippen LogP contribution in [0.4, 0.5) is 0 Å². The van der Waals surface area contributed by atoms with Crippen LogP contribution in [0, 0.1) is 34.5 Å². The number of carboxylic acid groups (broad SMARTS) is 1. The molecule has 0 spiro atoms. The van der Waals surface area contributed by atoms with Crippen molar-refractivity contribution in [1.29, 1.82) is 0 Å². The summed E-state index contributed by atoms with van der Waals surface area (Å²) in [6.45, 7) is 4.98. The van der Waals surface area contributed by atoms with E-state index in [0.717, 1.165) is 32.1 Å². The predicted octanol–water partition coefficient (Wildman–Crippen LogP) is 5.07. The topological polar surface area (TPSA) is 66.8 Å². The standard InChI is InChI=1S/C25H36O4/c1-23-11-8-18(26)14-17(23)6-7-21-20(23)9-12-24(2)19-10-13-25(21,24)29-15-16(19)4-3-5-22(27)28/h3-4,15,17-21,26H,5-14H2,1-2H3,(H,27,28)/b4-3+/t17-,18+,19?,20+,21-,23+,24-,25+/m1/s1. The number of aliphatic carboxylic acids is 1. The maximum atomic E-state index is 10.9. The lowest BCUT2D eigenvalue weighted by atomic mass is 9.43. The Morgan fingerprint density at radius 1 is 1.14 bits per heavy atom. The second-order valence-corrected chi connectivity index (χ2v) is 11.1. The highest BCUT2D eigenvalue weighted by Gasteiger charge is 2.70. The molecule has 5 rings (SSSR count). The van der Waals surface area contributed by atoms with Gasteiger partial charge in [-0.1, -0.05) is 26.0 Å². The summed E-state index contributed by atoms with van der Waals surface area (Å²) in [7, 11) is 0. The van der Waals surface area contributed by atoms with Crippen LogP contribution < -0.4 is 0 Å². The number of allylic oxidation sites excluding steroid dienone is 2. The van der Waals surface area contributed by atoms with Crippen LogP contribution in [-0.4, -0.2) is 27.9 Å². The van der Waals surface area contributed by atoms with Crippen molar-refractivity contribution in [3.05, 3.63) is 24.0 Å². The van der Waals surface area contributed by atoms with Gasteiger partial charge in [-0.2, -0.15) is 0 Å². The fourth-order valence-electron chi connectivity index (χ4n) is 8.69. The SMILES string of the molecule is C[C@]12CC[C@H](O)C[C@H]1CC[C@@H]1[C@@H]2CC[C@]2(C)C3CC[C@]12OC=C3/C=C/CC(=O)O. The Morgan fingerprint density at radius 3 is 2.76 bits per heavy atom. The minimum absolute atomic E-state index is 0.0469. The van der Waals surface area contributed by atoms with E-state index in [-0.39, 0.29) is 23.5 Å². The fraction of sp³-hybridized carbons (Fsp3) is 0.800. The van der Waals surface area contributed by atoms with Crippen molar-refractivity contribution in [2.75, 3.05) is 0 Å². The summed E-state index contributed by atoms with van der Waals surface area (Å²) in [5.74, 6) is 1.69. The molecule has 4 nitrogen and oxygen atoms in total. The molecule has 4 fully saturated rings. The Kier molecular flexibility index (Phi) is 4.48. The van der Waals surface area contributed by atoms with Gasteiger partial charge in [0.2, 0.25) is 0 Å². The Bertz CT molecular complexity index is 756. The number of hydrogen-bond donors (Lipinski definition) is 2. The van der Waals surface area contributed by atoms with Crippen molar-refractivity contribution in [3.63, 3.8) is 0 Å². The lowest BCUT2D eigenvalue weighted by Gasteiger charge is -2.65. The molecule has 160 valence electrons. The van der Waals surface area contributed by atoms with E-state index in [0.29, 0.717) is 29.1 Å². The van der Waals surface area contributed by atoms with Gasteiger partial charge in [0.1, 0.15) is 5.60 Å². The molecular formula is C25H36O4. The molecule has 8 atom stereocenters. The minimum atomic E-state index is -0.784. The number of rotatable bonds is 3. The van der Waals surface area contributed by atoms with Gasteiger partial charge in [-0.15, -0.1) is 0 Å². The van der Waals surface area contributed by atoms with Crippen molar-refractivity contribution in [3.8, 4) is 0 Å². The van der Waals surface area contributed by atoms with E-state index in [1.165, 1.54) is 31.3 Å². The van der Waals surface area contributed by atoms with Crippen LogP contribution in [0.1, 0.15) is 78.1 Å². The van der Waals surface area contributed by atoms with Crippen molar-refractivity contribution in [2.24, 2.45) is 34.5 Å². The fourth-order valence-corrected chi connectivity index (χ4v) is 8.69. The normalized spacial score (nSPS) is 50.9. The molecule has 0 aromatic rings. The number of hydrogen-bond acceptors (Lipinski definition) is 3. The Balaban J connectivity index is 1.45. The smallest absolute Gasteiger partial charge is 0.307 e. The number of aliphatic hydroxyl groups is 1. The zero-order valence-corrected chi connectivity index (χ0v) is 17.9. The van der Waals surface area contributed by atoms with E-state index in [2.05, 4.69) is 13.8 Å². The van der Waals surface area contributed by atoms with Crippen LogP contribution in [0.3, 0.4) is 0 Å². The van der Waals surface area contributed by atoms with Crippen LogP contribution in [-0.2, 0) is 9.53 Å². The molecule has 4 aliphatic carbocycles. The largest absolute Gasteiger partial charge is 0.494 e. The molecule has 2 bridgehead atoms.